The molecule has 0 unspecified atom stereocenters. The maximum Gasteiger partial charge on any atom is 0.252 e. The van der Waals surface area contributed by atoms with E-state index in [0.717, 1.165) is 22.4 Å². The van der Waals surface area contributed by atoms with Crippen LogP contribution in [-0.4, -0.2) is 44.0 Å². The predicted octanol–water partition coefficient (Wildman–Crippen LogP) is 4.21. The summed E-state index contributed by atoms with van der Waals surface area (Å²) in [4.78, 5) is 2.24. The number of anilines is 1. The smallest absolute Gasteiger partial charge is 0.252 e. The summed E-state index contributed by atoms with van der Waals surface area (Å²) >= 11 is 2.90. The van der Waals surface area contributed by atoms with Gasteiger partial charge in [-0.1, -0.05) is 12.1 Å². The van der Waals surface area contributed by atoms with Gasteiger partial charge in [-0.3, -0.25) is 0 Å². The van der Waals surface area contributed by atoms with Gasteiger partial charge < -0.3 is 10.0 Å². The lowest BCUT2D eigenvalue weighted by molar-refractivity contribution is 0.0786. The first-order valence-electron chi connectivity index (χ1n) is 9.45. The van der Waals surface area contributed by atoms with Gasteiger partial charge in [0.2, 0.25) is 0 Å². The molecule has 29 heavy (non-hydrogen) atoms. The standard InChI is InChI=1S/C21H24N2O3S3/c1-21(2,24)17-5-6-19(18(14-17)16-7-13-27-15-16)22-8-10-23(11-9-22)29(25,26)20-4-3-12-28-20/h3-7,12-15,24H,8-11H2,1-2H3. The van der Waals surface area contributed by atoms with Gasteiger partial charge in [0.05, 0.1) is 5.60 Å². The first-order valence-corrected chi connectivity index (χ1v) is 12.7. The molecule has 1 aliphatic heterocycles. The van der Waals surface area contributed by atoms with Crippen molar-refractivity contribution in [2.24, 2.45) is 0 Å². The molecule has 0 atom stereocenters. The first kappa shape index (κ1) is 20.6. The summed E-state index contributed by atoms with van der Waals surface area (Å²) in [5.74, 6) is 0. The molecule has 0 saturated carbocycles. The molecule has 8 heteroatoms. The highest BCUT2D eigenvalue weighted by molar-refractivity contribution is 7.91. The van der Waals surface area contributed by atoms with Gasteiger partial charge in [0.25, 0.3) is 10.0 Å². The number of sulfonamides is 1. The lowest BCUT2D eigenvalue weighted by Gasteiger charge is -2.36. The minimum atomic E-state index is -3.41. The van der Waals surface area contributed by atoms with Crippen molar-refractivity contribution in [2.45, 2.75) is 23.7 Å². The highest BCUT2D eigenvalue weighted by Gasteiger charge is 2.30. The van der Waals surface area contributed by atoms with Crippen molar-refractivity contribution in [2.75, 3.05) is 31.1 Å². The Labute approximate surface area is 179 Å². The van der Waals surface area contributed by atoms with Gasteiger partial charge in [-0.05, 0) is 65.4 Å². The van der Waals surface area contributed by atoms with Crippen molar-refractivity contribution in [1.29, 1.82) is 0 Å². The zero-order chi connectivity index (χ0) is 20.6. The van der Waals surface area contributed by atoms with E-state index in [1.54, 1.807) is 47.0 Å². The molecule has 3 heterocycles. The first-order chi connectivity index (χ1) is 13.8. The van der Waals surface area contributed by atoms with Crippen molar-refractivity contribution < 1.29 is 13.5 Å². The van der Waals surface area contributed by atoms with E-state index in [1.807, 2.05) is 23.6 Å². The van der Waals surface area contributed by atoms with Gasteiger partial charge in [-0.15, -0.1) is 11.3 Å². The van der Waals surface area contributed by atoms with Crippen LogP contribution in [0.1, 0.15) is 19.4 Å². The Morgan fingerprint density at radius 3 is 2.38 bits per heavy atom. The minimum Gasteiger partial charge on any atom is -0.386 e. The molecule has 0 spiro atoms. The molecule has 0 radical (unpaired) electrons. The van der Waals surface area contributed by atoms with Gasteiger partial charge in [0.15, 0.2) is 0 Å². The third kappa shape index (κ3) is 4.13. The Morgan fingerprint density at radius 1 is 1.03 bits per heavy atom. The fourth-order valence-corrected chi connectivity index (χ4v) is 6.77. The summed E-state index contributed by atoms with van der Waals surface area (Å²) in [5, 5.41) is 16.4. The minimum absolute atomic E-state index is 0.402. The summed E-state index contributed by atoms with van der Waals surface area (Å²) in [6, 6.07) is 11.6. The molecule has 1 fully saturated rings. The normalized spacial score (nSPS) is 16.3. The third-order valence-corrected chi connectivity index (χ3v) is 9.16. The number of piperazine rings is 1. The zero-order valence-electron chi connectivity index (χ0n) is 16.4. The van der Waals surface area contributed by atoms with E-state index >= 15 is 0 Å². The van der Waals surface area contributed by atoms with Gasteiger partial charge in [0, 0.05) is 37.4 Å². The van der Waals surface area contributed by atoms with Gasteiger partial charge in [-0.25, -0.2) is 8.42 Å². The highest BCUT2D eigenvalue weighted by atomic mass is 32.2. The Kier molecular flexibility index (Phi) is 5.56. The quantitative estimate of drug-likeness (QED) is 0.635. The van der Waals surface area contributed by atoms with Crippen LogP contribution >= 0.6 is 22.7 Å². The molecular formula is C21H24N2O3S3. The van der Waals surface area contributed by atoms with E-state index in [4.69, 9.17) is 0 Å². The third-order valence-electron chi connectivity index (χ3n) is 5.20. The predicted molar refractivity (Wildman–Crippen MR) is 120 cm³/mol. The van der Waals surface area contributed by atoms with Crippen LogP contribution in [0.15, 0.2) is 56.7 Å². The average Bonchev–Trinajstić information content (AvgIpc) is 3.41. The Balaban J connectivity index is 1.60. The molecule has 154 valence electrons. The molecule has 0 aliphatic carbocycles. The van der Waals surface area contributed by atoms with Crippen LogP contribution in [0.4, 0.5) is 5.69 Å². The second-order valence-electron chi connectivity index (χ2n) is 7.63. The molecule has 1 aliphatic rings. The van der Waals surface area contributed by atoms with E-state index in [1.165, 1.54) is 11.3 Å². The largest absolute Gasteiger partial charge is 0.386 e. The number of nitrogens with zero attached hydrogens (tertiary/aromatic N) is 2. The summed E-state index contributed by atoms with van der Waals surface area (Å²) < 4.78 is 27.6. The summed E-state index contributed by atoms with van der Waals surface area (Å²) in [5.41, 5.74) is 3.20. The molecule has 4 rings (SSSR count). The molecule has 5 nitrogen and oxygen atoms in total. The molecule has 1 saturated heterocycles. The maximum atomic E-state index is 12.8. The van der Waals surface area contributed by atoms with E-state index in [2.05, 4.69) is 16.3 Å². The van der Waals surface area contributed by atoms with Gasteiger partial charge in [-0.2, -0.15) is 15.6 Å². The van der Waals surface area contributed by atoms with Crippen LogP contribution in [0.3, 0.4) is 0 Å². The van der Waals surface area contributed by atoms with E-state index in [0.29, 0.717) is 30.4 Å². The lowest BCUT2D eigenvalue weighted by atomic mass is 9.93. The van der Waals surface area contributed by atoms with Crippen LogP contribution in [0.25, 0.3) is 11.1 Å². The fraction of sp³-hybridized carbons (Fsp3) is 0.333. The summed E-state index contributed by atoms with van der Waals surface area (Å²) in [7, 11) is -3.41. The lowest BCUT2D eigenvalue weighted by Crippen LogP contribution is -2.48. The highest BCUT2D eigenvalue weighted by Crippen LogP contribution is 2.36. The number of hydrogen-bond acceptors (Lipinski definition) is 6. The second-order valence-corrected chi connectivity index (χ2v) is 11.5. The van der Waals surface area contributed by atoms with Crippen molar-refractivity contribution >= 4 is 38.4 Å². The van der Waals surface area contributed by atoms with Gasteiger partial charge >= 0.3 is 0 Å². The SMILES string of the molecule is CC(C)(O)c1ccc(N2CCN(S(=O)(=O)c3cccs3)CC2)c(-c2ccsc2)c1. The molecule has 0 bridgehead atoms. The number of benzene rings is 1. The van der Waals surface area contributed by atoms with Crippen molar-refractivity contribution in [1.82, 2.24) is 4.31 Å². The van der Waals surface area contributed by atoms with Crippen LogP contribution in [0, 0.1) is 0 Å². The Morgan fingerprint density at radius 2 is 1.79 bits per heavy atom. The maximum absolute atomic E-state index is 12.8. The second kappa shape index (κ2) is 7.85. The van der Waals surface area contributed by atoms with Crippen molar-refractivity contribution in [3.8, 4) is 11.1 Å². The van der Waals surface area contributed by atoms with Crippen LogP contribution < -0.4 is 4.90 Å². The van der Waals surface area contributed by atoms with Crippen LogP contribution in [0.5, 0.6) is 0 Å². The van der Waals surface area contributed by atoms with E-state index in [-0.39, 0.29) is 0 Å². The van der Waals surface area contributed by atoms with Gasteiger partial charge in [0.1, 0.15) is 4.21 Å². The molecule has 2 aromatic heterocycles. The average molecular weight is 449 g/mol. The molecular weight excluding hydrogens is 424 g/mol. The zero-order valence-corrected chi connectivity index (χ0v) is 18.9. The Hall–Kier alpha value is -1.71. The van der Waals surface area contributed by atoms with Crippen LogP contribution in [-0.2, 0) is 15.6 Å². The number of aliphatic hydroxyl groups is 1. The summed E-state index contributed by atoms with van der Waals surface area (Å²) in [6.45, 7) is 5.74. The Bertz CT molecular complexity index is 1060. The van der Waals surface area contributed by atoms with E-state index in [9.17, 15) is 13.5 Å². The van der Waals surface area contributed by atoms with Crippen molar-refractivity contribution in [3.05, 3.63) is 58.1 Å². The van der Waals surface area contributed by atoms with Crippen molar-refractivity contribution in [3.63, 3.8) is 0 Å². The monoisotopic (exact) mass is 448 g/mol. The molecule has 0 amide bonds. The molecule has 3 aromatic rings. The molecule has 1 aromatic carbocycles. The number of rotatable bonds is 5. The molecule has 1 N–H and O–H groups in total. The van der Waals surface area contributed by atoms with Crippen LogP contribution in [0.2, 0.25) is 0 Å². The summed E-state index contributed by atoms with van der Waals surface area (Å²) in [6.07, 6.45) is 0. The number of hydrogen-bond donors (Lipinski definition) is 1. The number of thiophene rings is 2. The van der Waals surface area contributed by atoms with E-state index < -0.39 is 15.6 Å². The fourth-order valence-electron chi connectivity index (χ4n) is 3.55. The topological polar surface area (TPSA) is 60.9 Å².